The van der Waals surface area contributed by atoms with Crippen molar-refractivity contribution in [2.45, 2.75) is 11.2 Å². The molecule has 0 radical (unpaired) electrons. The summed E-state index contributed by atoms with van der Waals surface area (Å²) in [6, 6.07) is 14.9. The second kappa shape index (κ2) is 7.38. The molecule has 3 unspecified atom stereocenters. The van der Waals surface area contributed by atoms with Crippen molar-refractivity contribution in [1.82, 2.24) is 14.9 Å². The molecule has 0 aliphatic heterocycles. The predicted octanol–water partition coefficient (Wildman–Crippen LogP) is 2.39. The van der Waals surface area contributed by atoms with Gasteiger partial charge in [0.25, 0.3) is 5.91 Å². The number of aromatic nitrogens is 2. The van der Waals surface area contributed by atoms with Crippen molar-refractivity contribution in [1.29, 1.82) is 0 Å². The van der Waals surface area contributed by atoms with Gasteiger partial charge in [-0.25, -0.2) is 4.79 Å². The van der Waals surface area contributed by atoms with Gasteiger partial charge in [0.1, 0.15) is 0 Å². The van der Waals surface area contributed by atoms with Crippen LogP contribution in [0.5, 0.6) is 0 Å². The third-order valence-electron chi connectivity index (χ3n) is 3.77. The number of amides is 1. The Balaban J connectivity index is 1.83. The normalized spacial score (nSPS) is 11.6. The molecule has 0 saturated carbocycles. The zero-order valence-electron chi connectivity index (χ0n) is 13.5. The molecule has 0 saturated heterocycles. The van der Waals surface area contributed by atoms with Crippen LogP contribution >= 0.6 is 27.7 Å². The first kappa shape index (κ1) is 18.3. The van der Waals surface area contributed by atoms with Gasteiger partial charge in [0.15, 0.2) is 0 Å². The van der Waals surface area contributed by atoms with E-state index in [0.29, 0.717) is 18.7 Å². The van der Waals surface area contributed by atoms with Gasteiger partial charge in [-0.3, -0.25) is 9.36 Å². The number of hydrogen-bond acceptors (Lipinski definition) is 2. The Hall–Kier alpha value is -1.53. The van der Waals surface area contributed by atoms with Crippen LogP contribution in [0.3, 0.4) is 0 Å². The minimum Gasteiger partial charge on any atom is -0.350 e. The highest BCUT2D eigenvalue weighted by molar-refractivity contribution is 7.57. The highest BCUT2D eigenvalue weighted by Gasteiger charge is 2.14. The zero-order valence-corrected chi connectivity index (χ0v) is 17.0. The summed E-state index contributed by atoms with van der Waals surface area (Å²) in [5, 5.41) is 2.89. The van der Waals surface area contributed by atoms with E-state index in [1.165, 1.54) is 0 Å². The van der Waals surface area contributed by atoms with E-state index in [1.54, 1.807) is 10.6 Å². The molecular weight excluding hydrogens is 371 g/mol. The fraction of sp³-hybridized carbons (Fsp3) is 0.176. The average Bonchev–Trinajstić information content (AvgIpc) is 2.88. The Morgan fingerprint density at radius 3 is 2.64 bits per heavy atom. The van der Waals surface area contributed by atoms with Gasteiger partial charge in [0.05, 0.1) is 17.6 Å². The summed E-state index contributed by atoms with van der Waals surface area (Å²) in [7, 11) is 7.92. The van der Waals surface area contributed by atoms with Crippen molar-refractivity contribution in [3.63, 3.8) is 0 Å². The number of rotatable bonds is 5. The molecule has 0 bridgehead atoms. The summed E-state index contributed by atoms with van der Waals surface area (Å²) in [5.74, 6) is -0.134. The zero-order chi connectivity index (χ0) is 18.0. The van der Waals surface area contributed by atoms with Crippen molar-refractivity contribution in [3.05, 3.63) is 70.1 Å². The molecule has 5 nitrogen and oxygen atoms in total. The maximum Gasteiger partial charge on any atom is 0.326 e. The Kier molecular flexibility index (Phi) is 5.39. The van der Waals surface area contributed by atoms with Crippen LogP contribution in [0.4, 0.5) is 0 Å². The monoisotopic (exact) mass is 391 g/mol. The highest BCUT2D eigenvalue weighted by Crippen LogP contribution is 2.33. The molecule has 0 fully saturated rings. The molecule has 0 aliphatic carbocycles. The number of benzene rings is 2. The van der Waals surface area contributed by atoms with Crippen molar-refractivity contribution < 1.29 is 4.79 Å². The number of fused-ring (bicyclic) bond motifs is 1. The molecule has 2 N–H and O–H groups in total. The van der Waals surface area contributed by atoms with Crippen molar-refractivity contribution in [3.8, 4) is 0 Å². The molecule has 0 spiro atoms. The Labute approximate surface area is 152 Å². The van der Waals surface area contributed by atoms with Gasteiger partial charge >= 0.3 is 5.69 Å². The van der Waals surface area contributed by atoms with Gasteiger partial charge in [-0.1, -0.05) is 24.3 Å². The van der Waals surface area contributed by atoms with Crippen LogP contribution in [0.2, 0.25) is 0 Å². The number of nitrogens with one attached hydrogen (secondary N) is 2. The van der Waals surface area contributed by atoms with E-state index in [2.05, 4.69) is 38.0 Å². The first-order valence-corrected chi connectivity index (χ1v) is 9.48. The number of hydrogen-bond donors (Lipinski definition) is 2. The van der Waals surface area contributed by atoms with Crippen LogP contribution in [-0.4, -0.2) is 26.6 Å². The van der Waals surface area contributed by atoms with Crippen LogP contribution in [-0.2, 0) is 6.54 Å². The summed E-state index contributed by atoms with van der Waals surface area (Å²) in [6.45, 7) is 0.906. The van der Waals surface area contributed by atoms with E-state index in [0.717, 1.165) is 16.6 Å². The van der Waals surface area contributed by atoms with Crippen molar-refractivity contribution in [2.24, 2.45) is 0 Å². The second-order valence-electron chi connectivity index (χ2n) is 6.03. The fourth-order valence-electron chi connectivity index (χ4n) is 2.59. The highest BCUT2D eigenvalue weighted by atomic mass is 31.1. The van der Waals surface area contributed by atoms with Crippen LogP contribution in [0.25, 0.3) is 11.0 Å². The molecule has 3 aromatic rings. The van der Waals surface area contributed by atoms with E-state index in [4.69, 9.17) is 0 Å². The lowest BCUT2D eigenvalue weighted by Crippen LogP contribution is -2.31. The number of carbonyl (C=O) groups excluding carboxylic acids is 1. The molecule has 1 aromatic heterocycles. The number of imidazole rings is 1. The molecule has 1 heterocycles. The summed E-state index contributed by atoms with van der Waals surface area (Å²) >= 11 is 0. The Morgan fingerprint density at radius 2 is 1.88 bits per heavy atom. The lowest BCUT2D eigenvalue weighted by atomic mass is 10.1. The van der Waals surface area contributed by atoms with Crippen LogP contribution < -0.4 is 11.0 Å². The first-order chi connectivity index (χ1) is 11.8. The van der Waals surface area contributed by atoms with E-state index in [9.17, 15) is 9.59 Å². The Morgan fingerprint density at radius 1 is 1.12 bits per heavy atom. The quantitative estimate of drug-likeness (QED) is 0.656. The third-order valence-corrected chi connectivity index (χ3v) is 4.38. The maximum absolute atomic E-state index is 12.3. The molecule has 0 aliphatic rings. The number of nitrogens with zero attached hydrogens (tertiary/aromatic N) is 1. The standard InChI is InChI=1S/C17H20N3O2P3/c21-15(18-10-17(23,24)25)12-5-3-4-11(8-12)9-20-14-7-2-1-6-13(14)19-16(20)22/h1-8H,9-10,23-25H2,(H,18,21)(H,19,22). The van der Waals surface area contributed by atoms with E-state index in [-0.39, 0.29) is 16.2 Å². The average molecular weight is 391 g/mol. The van der Waals surface area contributed by atoms with Gasteiger partial charge < -0.3 is 10.3 Å². The van der Waals surface area contributed by atoms with Gasteiger partial charge in [-0.15, -0.1) is 27.7 Å². The largest absolute Gasteiger partial charge is 0.350 e. The molecule has 3 rings (SSSR count). The lowest BCUT2D eigenvalue weighted by molar-refractivity contribution is 0.0954. The van der Waals surface area contributed by atoms with E-state index < -0.39 is 0 Å². The van der Waals surface area contributed by atoms with Gasteiger partial charge in [0.2, 0.25) is 0 Å². The first-order valence-electron chi connectivity index (χ1n) is 7.75. The summed E-state index contributed by atoms with van der Waals surface area (Å²) in [5.41, 5.74) is 2.97. The second-order valence-corrected chi connectivity index (χ2v) is 11.3. The molecule has 2 aromatic carbocycles. The molecule has 8 heteroatoms. The molecule has 25 heavy (non-hydrogen) atoms. The fourth-order valence-corrected chi connectivity index (χ4v) is 2.90. The van der Waals surface area contributed by atoms with Crippen LogP contribution in [0.15, 0.2) is 53.3 Å². The lowest BCUT2D eigenvalue weighted by Gasteiger charge is -2.18. The SMILES string of the molecule is O=C(NCC(P)(P)P)c1cccc(Cn2c(=O)[nH]c3ccccc32)c1. The molecule has 130 valence electrons. The summed E-state index contributed by atoms with van der Waals surface area (Å²) < 4.78 is 1.45. The minimum absolute atomic E-state index is 0.134. The van der Waals surface area contributed by atoms with Crippen LogP contribution in [0.1, 0.15) is 15.9 Å². The van der Waals surface area contributed by atoms with Gasteiger partial charge in [-0.2, -0.15) is 0 Å². The molecular formula is C17H20N3O2P3. The smallest absolute Gasteiger partial charge is 0.326 e. The third kappa shape index (κ3) is 4.55. The summed E-state index contributed by atoms with van der Waals surface area (Å²) in [4.78, 5) is 27.4. The van der Waals surface area contributed by atoms with Gasteiger partial charge in [-0.05, 0) is 29.8 Å². The molecule has 3 atom stereocenters. The predicted molar refractivity (Wildman–Crippen MR) is 112 cm³/mol. The van der Waals surface area contributed by atoms with E-state index in [1.807, 2.05) is 42.5 Å². The van der Waals surface area contributed by atoms with Crippen molar-refractivity contribution >= 4 is 44.7 Å². The number of H-pyrrole nitrogens is 1. The number of para-hydroxylation sites is 2. The topological polar surface area (TPSA) is 66.9 Å². The van der Waals surface area contributed by atoms with Crippen molar-refractivity contribution in [2.75, 3.05) is 6.54 Å². The van der Waals surface area contributed by atoms with Gasteiger partial charge in [0, 0.05) is 16.7 Å². The number of aromatic amines is 1. The minimum atomic E-state index is -0.218. The maximum atomic E-state index is 12.3. The van der Waals surface area contributed by atoms with Crippen LogP contribution in [0, 0.1) is 0 Å². The summed E-state index contributed by atoms with van der Waals surface area (Å²) in [6.07, 6.45) is 0. The van der Waals surface area contributed by atoms with E-state index >= 15 is 0 Å². The Bertz CT molecular complexity index is 973. The molecule has 1 amide bonds. The number of carbonyl (C=O) groups is 1.